The summed E-state index contributed by atoms with van der Waals surface area (Å²) in [4.78, 5) is 0. The summed E-state index contributed by atoms with van der Waals surface area (Å²) in [5.74, 6) is 0.837. The van der Waals surface area contributed by atoms with Crippen LogP contribution in [-0.2, 0) is 6.42 Å². The molecule has 0 spiro atoms. The van der Waals surface area contributed by atoms with Gasteiger partial charge in [0, 0.05) is 5.02 Å². The fourth-order valence-electron chi connectivity index (χ4n) is 2.19. The minimum atomic E-state index is 0.837. The first kappa shape index (κ1) is 10.9. The van der Waals surface area contributed by atoms with Gasteiger partial charge in [-0.15, -0.1) is 0 Å². The van der Waals surface area contributed by atoms with E-state index < -0.39 is 0 Å². The van der Waals surface area contributed by atoms with Crippen LogP contribution >= 0.6 is 11.6 Å². The highest BCUT2D eigenvalue weighted by Crippen LogP contribution is 2.40. The molecule has 17 heavy (non-hydrogen) atoms. The van der Waals surface area contributed by atoms with E-state index in [1.54, 1.807) is 0 Å². The zero-order valence-electron chi connectivity index (χ0n) is 9.70. The average Bonchev–Trinajstić information content (AvgIpc) is 3.17. The Hall–Kier alpha value is -1.27. The molecule has 0 amide bonds. The van der Waals surface area contributed by atoms with Gasteiger partial charge in [-0.2, -0.15) is 0 Å². The second-order valence-corrected chi connectivity index (χ2v) is 5.19. The predicted octanol–water partition coefficient (Wildman–Crippen LogP) is 4.81. The fourth-order valence-corrected chi connectivity index (χ4v) is 2.39. The molecule has 1 aliphatic carbocycles. The van der Waals surface area contributed by atoms with Crippen molar-refractivity contribution in [2.75, 3.05) is 0 Å². The smallest absolute Gasteiger partial charge is 0.0441 e. The Bertz CT molecular complexity index is 509. The van der Waals surface area contributed by atoms with Crippen molar-refractivity contribution < 1.29 is 0 Å². The molecule has 0 unspecified atom stereocenters. The van der Waals surface area contributed by atoms with Crippen molar-refractivity contribution in [3.05, 3.63) is 70.2 Å². The van der Waals surface area contributed by atoms with Crippen molar-refractivity contribution in [1.82, 2.24) is 0 Å². The minimum Gasteiger partial charge on any atom is -0.0840 e. The Morgan fingerprint density at radius 2 is 1.65 bits per heavy atom. The van der Waals surface area contributed by atoms with Gasteiger partial charge >= 0.3 is 0 Å². The second kappa shape index (κ2) is 4.54. The van der Waals surface area contributed by atoms with Gasteiger partial charge in [0.25, 0.3) is 0 Å². The Kier molecular flexibility index (Phi) is 2.90. The third-order valence-electron chi connectivity index (χ3n) is 3.38. The van der Waals surface area contributed by atoms with E-state index in [4.69, 9.17) is 11.6 Å². The SMILES string of the molecule is Clc1ccccc1Cc1ccc(C2CC2)cc1. The predicted molar refractivity (Wildman–Crippen MR) is 72.7 cm³/mol. The van der Waals surface area contributed by atoms with E-state index in [2.05, 4.69) is 30.3 Å². The highest BCUT2D eigenvalue weighted by molar-refractivity contribution is 6.31. The van der Waals surface area contributed by atoms with Crippen LogP contribution in [0.5, 0.6) is 0 Å². The monoisotopic (exact) mass is 242 g/mol. The molecular formula is C16H15Cl. The van der Waals surface area contributed by atoms with Crippen LogP contribution in [0.3, 0.4) is 0 Å². The molecule has 0 aromatic heterocycles. The molecule has 1 aliphatic rings. The lowest BCUT2D eigenvalue weighted by Gasteiger charge is -2.05. The maximum absolute atomic E-state index is 6.17. The zero-order chi connectivity index (χ0) is 11.7. The van der Waals surface area contributed by atoms with Crippen LogP contribution in [-0.4, -0.2) is 0 Å². The molecule has 1 fully saturated rings. The van der Waals surface area contributed by atoms with Gasteiger partial charge in [-0.3, -0.25) is 0 Å². The summed E-state index contributed by atoms with van der Waals surface area (Å²) in [6.07, 6.45) is 3.65. The summed E-state index contributed by atoms with van der Waals surface area (Å²) in [7, 11) is 0. The van der Waals surface area contributed by atoms with Gasteiger partial charge in [-0.25, -0.2) is 0 Å². The van der Waals surface area contributed by atoms with Crippen LogP contribution in [0, 0.1) is 0 Å². The first-order chi connectivity index (χ1) is 8.33. The van der Waals surface area contributed by atoms with Crippen LogP contribution < -0.4 is 0 Å². The van der Waals surface area contributed by atoms with E-state index in [-0.39, 0.29) is 0 Å². The highest BCUT2D eigenvalue weighted by atomic mass is 35.5. The maximum atomic E-state index is 6.17. The largest absolute Gasteiger partial charge is 0.0840 e. The summed E-state index contributed by atoms with van der Waals surface area (Å²) in [6, 6.07) is 17.1. The molecule has 0 bridgehead atoms. The van der Waals surface area contributed by atoms with Crippen molar-refractivity contribution in [2.24, 2.45) is 0 Å². The molecule has 2 aromatic rings. The first-order valence-electron chi connectivity index (χ1n) is 6.15. The van der Waals surface area contributed by atoms with Gasteiger partial charge in [0.2, 0.25) is 0 Å². The first-order valence-corrected chi connectivity index (χ1v) is 6.53. The topological polar surface area (TPSA) is 0 Å². The summed E-state index contributed by atoms with van der Waals surface area (Å²) < 4.78 is 0. The number of hydrogen-bond acceptors (Lipinski definition) is 0. The van der Waals surface area contributed by atoms with Crippen LogP contribution in [0.15, 0.2) is 48.5 Å². The van der Waals surface area contributed by atoms with Crippen molar-refractivity contribution in [2.45, 2.75) is 25.2 Å². The average molecular weight is 243 g/mol. The molecule has 0 saturated heterocycles. The molecule has 0 nitrogen and oxygen atoms in total. The highest BCUT2D eigenvalue weighted by Gasteiger charge is 2.22. The molecule has 1 heteroatoms. The van der Waals surface area contributed by atoms with E-state index in [1.807, 2.05) is 18.2 Å². The Morgan fingerprint density at radius 3 is 2.29 bits per heavy atom. The Morgan fingerprint density at radius 1 is 0.941 bits per heavy atom. The van der Waals surface area contributed by atoms with Crippen molar-refractivity contribution in [3.8, 4) is 0 Å². The molecule has 0 N–H and O–H groups in total. The van der Waals surface area contributed by atoms with Gasteiger partial charge < -0.3 is 0 Å². The van der Waals surface area contributed by atoms with Crippen LogP contribution in [0.1, 0.15) is 35.4 Å². The van der Waals surface area contributed by atoms with Gasteiger partial charge in [0.1, 0.15) is 0 Å². The third-order valence-corrected chi connectivity index (χ3v) is 3.75. The maximum Gasteiger partial charge on any atom is 0.0441 e. The molecule has 0 atom stereocenters. The summed E-state index contributed by atoms with van der Waals surface area (Å²) in [6.45, 7) is 0. The zero-order valence-corrected chi connectivity index (χ0v) is 10.5. The molecule has 0 aliphatic heterocycles. The van der Waals surface area contributed by atoms with E-state index in [0.29, 0.717) is 0 Å². The second-order valence-electron chi connectivity index (χ2n) is 4.78. The van der Waals surface area contributed by atoms with E-state index >= 15 is 0 Å². The number of halogens is 1. The number of benzene rings is 2. The Balaban J connectivity index is 1.78. The molecule has 3 rings (SSSR count). The third kappa shape index (κ3) is 2.53. The van der Waals surface area contributed by atoms with Gasteiger partial charge in [0.15, 0.2) is 0 Å². The lowest BCUT2D eigenvalue weighted by Crippen LogP contribution is -1.89. The van der Waals surface area contributed by atoms with Crippen molar-refractivity contribution in [1.29, 1.82) is 0 Å². The number of hydrogen-bond donors (Lipinski definition) is 0. The quantitative estimate of drug-likeness (QED) is 0.725. The van der Waals surface area contributed by atoms with Crippen molar-refractivity contribution in [3.63, 3.8) is 0 Å². The van der Waals surface area contributed by atoms with Crippen LogP contribution in [0.25, 0.3) is 0 Å². The molecule has 1 saturated carbocycles. The van der Waals surface area contributed by atoms with E-state index in [9.17, 15) is 0 Å². The minimum absolute atomic E-state index is 0.837. The van der Waals surface area contributed by atoms with Gasteiger partial charge in [-0.1, -0.05) is 54.1 Å². The molecule has 0 radical (unpaired) electrons. The lowest BCUT2D eigenvalue weighted by molar-refractivity contribution is 1.11. The molecule has 0 heterocycles. The van der Waals surface area contributed by atoms with Crippen molar-refractivity contribution >= 4 is 11.6 Å². The lowest BCUT2D eigenvalue weighted by atomic mass is 10.0. The molecule has 86 valence electrons. The summed E-state index contributed by atoms with van der Waals surface area (Å²) in [5, 5.41) is 0.860. The molecular weight excluding hydrogens is 228 g/mol. The van der Waals surface area contributed by atoms with Crippen LogP contribution in [0.2, 0.25) is 5.02 Å². The van der Waals surface area contributed by atoms with E-state index in [1.165, 1.54) is 29.5 Å². The summed E-state index contributed by atoms with van der Waals surface area (Å²) in [5.41, 5.74) is 4.03. The van der Waals surface area contributed by atoms with Gasteiger partial charge in [0.05, 0.1) is 0 Å². The standard InChI is InChI=1S/C16H15Cl/c17-16-4-2-1-3-15(16)11-12-5-7-13(8-6-12)14-9-10-14/h1-8,14H,9-11H2. The van der Waals surface area contributed by atoms with Crippen LogP contribution in [0.4, 0.5) is 0 Å². The fraction of sp³-hybridized carbons (Fsp3) is 0.250. The summed E-state index contributed by atoms with van der Waals surface area (Å²) >= 11 is 6.17. The van der Waals surface area contributed by atoms with E-state index in [0.717, 1.165) is 17.4 Å². The van der Waals surface area contributed by atoms with Gasteiger partial charge in [-0.05, 0) is 47.9 Å². The normalized spacial score (nSPS) is 14.9. The Labute approximate surface area is 107 Å². The number of rotatable bonds is 3. The molecule has 2 aromatic carbocycles.